The number of rotatable bonds is 1. The highest BCUT2D eigenvalue weighted by molar-refractivity contribution is 9.10. The molecule has 3 nitrogen and oxygen atoms in total. The quantitative estimate of drug-likeness (QED) is 0.803. The third-order valence-electron chi connectivity index (χ3n) is 3.24. The molecule has 0 aliphatic heterocycles. The third-order valence-corrected chi connectivity index (χ3v) is 4.04. The van der Waals surface area contributed by atoms with Crippen molar-refractivity contribution in [3.8, 4) is 5.75 Å². The molecule has 2 aromatic carbocycles. The Balaban J connectivity index is 2.39. The highest BCUT2D eigenvalue weighted by atomic mass is 79.9. The summed E-state index contributed by atoms with van der Waals surface area (Å²) >= 11 is 3.23. The van der Waals surface area contributed by atoms with Gasteiger partial charge in [0.15, 0.2) is 11.6 Å². The second kappa shape index (κ2) is 4.93. The first-order valence-electron chi connectivity index (χ1n) is 6.06. The number of phenols is 1. The molecule has 0 amide bonds. The van der Waals surface area contributed by atoms with Crippen LogP contribution in [0.4, 0.5) is 4.39 Å². The molecule has 1 aliphatic carbocycles. The Hall–Kier alpha value is -2.27. The molecule has 2 aromatic rings. The highest BCUT2D eigenvalue weighted by Gasteiger charge is 2.22. The Morgan fingerprint density at radius 3 is 2.62 bits per heavy atom. The molecule has 0 heterocycles. The van der Waals surface area contributed by atoms with Crippen LogP contribution in [-0.2, 0) is 9.59 Å². The number of carbonyl (C=O) groups excluding carboxylic acids is 2. The Bertz CT molecular complexity index is 865. The van der Waals surface area contributed by atoms with Gasteiger partial charge in [0.25, 0.3) is 0 Å². The molecule has 0 spiro atoms. The summed E-state index contributed by atoms with van der Waals surface area (Å²) in [6.45, 7) is 0. The van der Waals surface area contributed by atoms with Crippen LogP contribution in [-0.4, -0.2) is 16.7 Å². The third kappa shape index (κ3) is 2.29. The van der Waals surface area contributed by atoms with Crippen molar-refractivity contribution < 1.29 is 19.1 Å². The highest BCUT2D eigenvalue weighted by Crippen LogP contribution is 2.39. The van der Waals surface area contributed by atoms with Crippen molar-refractivity contribution in [1.29, 1.82) is 0 Å². The van der Waals surface area contributed by atoms with Crippen molar-refractivity contribution in [2.75, 3.05) is 0 Å². The smallest absolute Gasteiger partial charge is 0.186 e. The maximum absolute atomic E-state index is 13.3. The fourth-order valence-electron chi connectivity index (χ4n) is 2.31. The minimum atomic E-state index is -0.449. The zero-order valence-electron chi connectivity index (χ0n) is 10.6. The van der Waals surface area contributed by atoms with Gasteiger partial charge in [0.2, 0.25) is 0 Å². The molecule has 5 heteroatoms. The van der Waals surface area contributed by atoms with Gasteiger partial charge in [-0.15, -0.1) is 0 Å². The van der Waals surface area contributed by atoms with Crippen LogP contribution in [0.1, 0.15) is 5.56 Å². The predicted octanol–water partition coefficient (Wildman–Crippen LogP) is 3.54. The largest absolute Gasteiger partial charge is 0.507 e. The molecule has 0 unspecified atom stereocenters. The molecule has 21 heavy (non-hydrogen) atoms. The maximum Gasteiger partial charge on any atom is 0.186 e. The van der Waals surface area contributed by atoms with Gasteiger partial charge in [-0.1, -0.05) is 6.07 Å². The molecular formula is C16H8BrFO3. The average Bonchev–Trinajstić information content (AvgIpc) is 2.44. The molecule has 0 saturated heterocycles. The van der Waals surface area contributed by atoms with Crippen molar-refractivity contribution >= 4 is 43.8 Å². The van der Waals surface area contributed by atoms with E-state index in [9.17, 15) is 19.1 Å². The topological polar surface area (TPSA) is 54.4 Å². The van der Waals surface area contributed by atoms with Gasteiger partial charge in [0.05, 0.1) is 4.47 Å². The van der Waals surface area contributed by atoms with Gasteiger partial charge >= 0.3 is 0 Å². The van der Waals surface area contributed by atoms with Crippen LogP contribution in [0.2, 0.25) is 0 Å². The standard InChI is InChI=1S/C16H8BrFO3/c17-16-14(21)6-8-5-9(18)1-3-11(8)15(16)12-7-10(19)2-4-13(12)20/h1-7,21H. The van der Waals surface area contributed by atoms with E-state index >= 15 is 0 Å². The van der Waals surface area contributed by atoms with Gasteiger partial charge in [-0.2, -0.15) is 0 Å². The number of benzene rings is 2. The van der Waals surface area contributed by atoms with Gasteiger partial charge in [-0.25, -0.2) is 4.39 Å². The van der Waals surface area contributed by atoms with Gasteiger partial charge < -0.3 is 5.11 Å². The molecule has 0 saturated carbocycles. The molecule has 0 aromatic heterocycles. The SMILES string of the molecule is O=C1C=CC(=O)C(c2c(Br)c(O)cc3cc(F)ccc23)=C1. The number of allylic oxidation sites excluding steroid dienone is 4. The van der Waals surface area contributed by atoms with E-state index in [-0.39, 0.29) is 22.9 Å². The van der Waals surface area contributed by atoms with Gasteiger partial charge in [-0.3, -0.25) is 9.59 Å². The number of hydrogen-bond acceptors (Lipinski definition) is 3. The second-order valence-electron chi connectivity index (χ2n) is 4.61. The van der Waals surface area contributed by atoms with Crippen molar-refractivity contribution in [1.82, 2.24) is 0 Å². The first-order valence-corrected chi connectivity index (χ1v) is 6.86. The summed E-state index contributed by atoms with van der Waals surface area (Å²) in [6.07, 6.45) is 3.58. The summed E-state index contributed by atoms with van der Waals surface area (Å²) in [4.78, 5) is 23.6. The molecule has 1 aliphatic rings. The summed E-state index contributed by atoms with van der Waals surface area (Å²) in [6, 6.07) is 5.44. The first-order chi connectivity index (χ1) is 9.97. The zero-order chi connectivity index (χ0) is 15.1. The van der Waals surface area contributed by atoms with Gasteiger partial charge in [0.1, 0.15) is 11.6 Å². The van der Waals surface area contributed by atoms with Crippen LogP contribution in [0.5, 0.6) is 5.75 Å². The lowest BCUT2D eigenvalue weighted by Crippen LogP contribution is -2.07. The van der Waals surface area contributed by atoms with E-state index in [1.54, 1.807) is 0 Å². The Kier molecular flexibility index (Phi) is 3.22. The summed E-state index contributed by atoms with van der Waals surface area (Å²) in [5.74, 6) is -1.23. The van der Waals surface area contributed by atoms with Crippen LogP contribution >= 0.6 is 15.9 Å². The molecule has 0 radical (unpaired) electrons. The molecule has 104 valence electrons. The first kappa shape index (κ1) is 13.7. The zero-order valence-corrected chi connectivity index (χ0v) is 12.1. The predicted molar refractivity (Wildman–Crippen MR) is 80.4 cm³/mol. The molecule has 0 atom stereocenters. The summed E-state index contributed by atoms with van der Waals surface area (Å²) in [5, 5.41) is 11.0. The van der Waals surface area contributed by atoms with Gasteiger partial charge in [0, 0.05) is 11.1 Å². The summed E-state index contributed by atoms with van der Waals surface area (Å²) in [7, 11) is 0. The Labute approximate surface area is 127 Å². The Morgan fingerprint density at radius 2 is 1.86 bits per heavy atom. The monoisotopic (exact) mass is 346 g/mol. The number of fused-ring (bicyclic) bond motifs is 1. The van der Waals surface area contributed by atoms with E-state index < -0.39 is 5.82 Å². The van der Waals surface area contributed by atoms with Crippen molar-refractivity contribution in [2.45, 2.75) is 0 Å². The van der Waals surface area contributed by atoms with Crippen LogP contribution in [0.3, 0.4) is 0 Å². The van der Waals surface area contributed by atoms with E-state index in [0.29, 0.717) is 20.8 Å². The molecular weight excluding hydrogens is 339 g/mol. The van der Waals surface area contributed by atoms with Crippen LogP contribution in [0.25, 0.3) is 16.3 Å². The van der Waals surface area contributed by atoms with Crippen molar-refractivity contribution in [3.63, 3.8) is 0 Å². The molecule has 0 fully saturated rings. The number of phenolic OH excluding ortho intramolecular Hbond substituents is 1. The molecule has 3 rings (SSSR count). The van der Waals surface area contributed by atoms with E-state index in [4.69, 9.17) is 0 Å². The number of aromatic hydroxyl groups is 1. The number of hydrogen-bond donors (Lipinski definition) is 1. The average molecular weight is 347 g/mol. The van der Waals surface area contributed by atoms with E-state index in [2.05, 4.69) is 15.9 Å². The van der Waals surface area contributed by atoms with E-state index in [1.165, 1.54) is 42.5 Å². The van der Waals surface area contributed by atoms with E-state index in [1.807, 2.05) is 0 Å². The lowest BCUT2D eigenvalue weighted by Gasteiger charge is -2.14. The van der Waals surface area contributed by atoms with Crippen LogP contribution in [0, 0.1) is 5.82 Å². The number of ketones is 2. The van der Waals surface area contributed by atoms with E-state index in [0.717, 1.165) is 0 Å². The number of halogens is 2. The minimum Gasteiger partial charge on any atom is -0.507 e. The lowest BCUT2D eigenvalue weighted by atomic mass is 9.92. The second-order valence-corrected chi connectivity index (χ2v) is 5.40. The fourth-order valence-corrected chi connectivity index (χ4v) is 2.85. The summed E-state index contributed by atoms with van der Waals surface area (Å²) in [5.41, 5.74) is 0.551. The van der Waals surface area contributed by atoms with Crippen LogP contribution < -0.4 is 0 Å². The fraction of sp³-hybridized carbons (Fsp3) is 0. The lowest BCUT2D eigenvalue weighted by molar-refractivity contribution is -0.113. The minimum absolute atomic E-state index is 0.126. The number of carbonyl (C=O) groups is 2. The maximum atomic E-state index is 13.3. The van der Waals surface area contributed by atoms with Crippen LogP contribution in [0.15, 0.2) is 47.0 Å². The van der Waals surface area contributed by atoms with Gasteiger partial charge in [-0.05, 0) is 63.1 Å². The molecule has 0 bridgehead atoms. The normalized spacial score (nSPS) is 14.7. The summed E-state index contributed by atoms with van der Waals surface area (Å²) < 4.78 is 13.6. The van der Waals surface area contributed by atoms with Crippen molar-refractivity contribution in [2.24, 2.45) is 0 Å². The van der Waals surface area contributed by atoms with Crippen molar-refractivity contribution in [3.05, 3.63) is 58.3 Å². The molecule has 1 N–H and O–H groups in total. The Morgan fingerprint density at radius 1 is 1.10 bits per heavy atom.